The van der Waals surface area contributed by atoms with Crippen molar-refractivity contribution < 1.29 is 9.59 Å². The maximum absolute atomic E-state index is 13.5. The number of anilines is 3. The number of nitrogens with one attached hydrogen (secondary N) is 2. The molecule has 0 saturated heterocycles. The van der Waals surface area contributed by atoms with E-state index in [0.29, 0.717) is 29.4 Å². The van der Waals surface area contributed by atoms with Crippen LogP contribution in [0.4, 0.5) is 17.3 Å². The Bertz CT molecular complexity index is 1700. The number of nitrogens with zero attached hydrogens (tertiary/aromatic N) is 4. The maximum Gasteiger partial charge on any atom is 0.296 e. The number of carbonyl (C=O) groups excluding carboxylic acids is 2. The fourth-order valence-electron chi connectivity index (χ4n) is 4.83. The minimum Gasteiger partial charge on any atom is -0.383 e. The van der Waals surface area contributed by atoms with Gasteiger partial charge in [-0.2, -0.15) is 0 Å². The summed E-state index contributed by atoms with van der Waals surface area (Å²) in [4.78, 5) is 49.2. The third-order valence-electron chi connectivity index (χ3n) is 6.72. The second-order valence-corrected chi connectivity index (χ2v) is 9.28. The van der Waals surface area contributed by atoms with E-state index in [4.69, 9.17) is 5.73 Å². The number of hydrogen-bond acceptors (Lipinski definition) is 7. The molecule has 1 atom stereocenters. The highest BCUT2D eigenvalue weighted by molar-refractivity contribution is 6.04. The molecule has 2 aromatic heterocycles. The van der Waals surface area contributed by atoms with Crippen LogP contribution in [0.2, 0.25) is 0 Å². The fourth-order valence-corrected chi connectivity index (χ4v) is 4.83. The zero-order valence-corrected chi connectivity index (χ0v) is 22.0. The first kappa shape index (κ1) is 26.2. The van der Waals surface area contributed by atoms with E-state index >= 15 is 0 Å². The number of benzene rings is 2. The van der Waals surface area contributed by atoms with Gasteiger partial charge in [-0.3, -0.25) is 19.0 Å². The molecule has 0 spiro atoms. The lowest BCUT2D eigenvalue weighted by Gasteiger charge is -2.15. The van der Waals surface area contributed by atoms with E-state index in [1.165, 1.54) is 17.0 Å². The standard InChI is InChI=1S/C30H27N7O3/c1-3-7-25(38)32-16-22-14-15-23(30(40)37(22)21-8-5-4-6-9-21)29(39)35-20-12-10-19(11-13-20)24-17-36(2)28-26(24)27(31)33-18-34-28/h4-6,8-15,18,24H,16-17H2,1-2H3,(H,32,38)(H,35,39)(H2,31,33,34). The number of likely N-dealkylation sites (N-methyl/N-ethyl adjacent to an activating group) is 1. The van der Waals surface area contributed by atoms with Gasteiger partial charge >= 0.3 is 0 Å². The molecule has 0 bridgehead atoms. The summed E-state index contributed by atoms with van der Waals surface area (Å²) in [6.07, 6.45) is 1.46. The summed E-state index contributed by atoms with van der Waals surface area (Å²) < 4.78 is 1.41. The number of aromatic nitrogens is 3. The topological polar surface area (TPSA) is 135 Å². The van der Waals surface area contributed by atoms with Crippen LogP contribution in [0.25, 0.3) is 5.69 Å². The van der Waals surface area contributed by atoms with E-state index in [0.717, 1.165) is 16.9 Å². The van der Waals surface area contributed by atoms with Crippen molar-refractivity contribution >= 4 is 29.1 Å². The highest BCUT2D eigenvalue weighted by Crippen LogP contribution is 2.40. The molecule has 5 rings (SSSR count). The third-order valence-corrected chi connectivity index (χ3v) is 6.72. The molecule has 0 fully saturated rings. The lowest BCUT2D eigenvalue weighted by atomic mass is 9.94. The monoisotopic (exact) mass is 533 g/mol. The summed E-state index contributed by atoms with van der Waals surface area (Å²) in [7, 11) is 1.96. The molecule has 3 heterocycles. The van der Waals surface area contributed by atoms with Crippen LogP contribution < -0.4 is 26.8 Å². The number of amides is 2. The minimum absolute atomic E-state index is 0.000342. The molecule has 4 N–H and O–H groups in total. The van der Waals surface area contributed by atoms with Crippen molar-refractivity contribution in [3.8, 4) is 17.5 Å². The Hall–Kier alpha value is -5.43. The van der Waals surface area contributed by atoms with Gasteiger partial charge < -0.3 is 21.3 Å². The molecule has 1 unspecified atom stereocenters. The lowest BCUT2D eigenvalue weighted by Crippen LogP contribution is -2.32. The minimum atomic E-state index is -0.543. The molecule has 4 aromatic rings. The zero-order valence-electron chi connectivity index (χ0n) is 22.0. The molecule has 10 nitrogen and oxygen atoms in total. The summed E-state index contributed by atoms with van der Waals surface area (Å²) >= 11 is 0. The number of hydrogen-bond donors (Lipinski definition) is 3. The molecule has 200 valence electrons. The summed E-state index contributed by atoms with van der Waals surface area (Å²) in [5.41, 5.74) is 9.13. The molecule has 0 saturated carbocycles. The van der Waals surface area contributed by atoms with Gasteiger partial charge in [-0.05, 0) is 54.8 Å². The van der Waals surface area contributed by atoms with Crippen LogP contribution in [0.15, 0.2) is 77.9 Å². The van der Waals surface area contributed by atoms with Gasteiger partial charge in [0.05, 0.1) is 6.54 Å². The largest absolute Gasteiger partial charge is 0.383 e. The van der Waals surface area contributed by atoms with Crippen LogP contribution >= 0.6 is 0 Å². The van der Waals surface area contributed by atoms with E-state index in [9.17, 15) is 14.4 Å². The number of fused-ring (bicyclic) bond motifs is 1. The van der Waals surface area contributed by atoms with Gasteiger partial charge in [-0.25, -0.2) is 9.97 Å². The van der Waals surface area contributed by atoms with Crippen LogP contribution in [0.1, 0.15) is 40.0 Å². The highest BCUT2D eigenvalue weighted by Gasteiger charge is 2.31. The molecule has 1 aliphatic rings. The second kappa shape index (κ2) is 11.1. The Morgan fingerprint density at radius 1 is 1.05 bits per heavy atom. The van der Waals surface area contributed by atoms with Gasteiger partial charge in [-0.1, -0.05) is 36.3 Å². The van der Waals surface area contributed by atoms with E-state index < -0.39 is 17.4 Å². The molecule has 0 aliphatic carbocycles. The average molecular weight is 534 g/mol. The molecule has 1 aliphatic heterocycles. The van der Waals surface area contributed by atoms with Crippen molar-refractivity contribution in [2.75, 3.05) is 29.5 Å². The third kappa shape index (κ3) is 5.13. The molecule has 2 amide bonds. The normalized spacial score (nSPS) is 13.7. The van der Waals surface area contributed by atoms with E-state index in [2.05, 4.69) is 32.4 Å². The Kier molecular flexibility index (Phi) is 7.29. The van der Waals surface area contributed by atoms with Gasteiger partial charge in [-0.15, -0.1) is 0 Å². The highest BCUT2D eigenvalue weighted by atomic mass is 16.2. The number of rotatable bonds is 6. The van der Waals surface area contributed by atoms with Crippen molar-refractivity contribution in [1.29, 1.82) is 0 Å². The van der Waals surface area contributed by atoms with Crippen molar-refractivity contribution in [3.05, 3.63) is 106 Å². The Morgan fingerprint density at radius 2 is 1.80 bits per heavy atom. The number of para-hydroxylation sites is 1. The summed E-state index contributed by atoms with van der Waals surface area (Å²) in [5, 5.41) is 5.50. The van der Waals surface area contributed by atoms with Crippen LogP contribution in [-0.4, -0.2) is 39.9 Å². The van der Waals surface area contributed by atoms with Gasteiger partial charge in [0.25, 0.3) is 17.4 Å². The predicted octanol–water partition coefficient (Wildman–Crippen LogP) is 2.68. The van der Waals surface area contributed by atoms with E-state index in [1.54, 1.807) is 49.4 Å². The first-order chi connectivity index (χ1) is 19.4. The summed E-state index contributed by atoms with van der Waals surface area (Å²) in [6.45, 7) is 2.34. The van der Waals surface area contributed by atoms with Crippen molar-refractivity contribution in [1.82, 2.24) is 19.9 Å². The molecular formula is C30H27N7O3. The molecule has 2 aromatic carbocycles. The fraction of sp³-hybridized carbons (Fsp3) is 0.167. The van der Waals surface area contributed by atoms with Gasteiger partial charge in [0.1, 0.15) is 23.5 Å². The second-order valence-electron chi connectivity index (χ2n) is 9.28. The van der Waals surface area contributed by atoms with Crippen LogP contribution in [-0.2, 0) is 11.3 Å². The Labute approximate surface area is 230 Å². The van der Waals surface area contributed by atoms with Crippen LogP contribution in [0.5, 0.6) is 0 Å². The zero-order chi connectivity index (χ0) is 28.2. The van der Waals surface area contributed by atoms with Crippen LogP contribution in [0.3, 0.4) is 0 Å². The Morgan fingerprint density at radius 3 is 2.52 bits per heavy atom. The summed E-state index contributed by atoms with van der Waals surface area (Å²) in [5.74, 6) is 5.22. The first-order valence-electron chi connectivity index (χ1n) is 12.6. The average Bonchev–Trinajstić information content (AvgIpc) is 3.30. The number of carbonyl (C=O) groups is 2. The number of nitrogens with two attached hydrogens (primary N) is 1. The van der Waals surface area contributed by atoms with Gasteiger partial charge in [0.2, 0.25) is 0 Å². The Balaban J connectivity index is 1.39. The van der Waals surface area contributed by atoms with Crippen molar-refractivity contribution in [2.24, 2.45) is 0 Å². The number of pyridine rings is 1. The van der Waals surface area contributed by atoms with Crippen molar-refractivity contribution in [3.63, 3.8) is 0 Å². The lowest BCUT2D eigenvalue weighted by molar-refractivity contribution is -0.115. The van der Waals surface area contributed by atoms with E-state index in [1.807, 2.05) is 30.1 Å². The molecule has 40 heavy (non-hydrogen) atoms. The van der Waals surface area contributed by atoms with E-state index in [-0.39, 0.29) is 18.0 Å². The smallest absolute Gasteiger partial charge is 0.296 e. The maximum atomic E-state index is 13.5. The quantitative estimate of drug-likeness (QED) is 0.324. The SMILES string of the molecule is CC#CC(=O)NCc1ccc(C(=O)Nc2ccc(C3CN(C)c4ncnc(N)c43)cc2)c(=O)n1-c1ccccc1. The van der Waals surface area contributed by atoms with Gasteiger partial charge in [0.15, 0.2) is 0 Å². The predicted molar refractivity (Wildman–Crippen MR) is 153 cm³/mol. The number of nitrogen functional groups attached to an aromatic ring is 1. The molecule has 10 heteroatoms. The van der Waals surface area contributed by atoms with Crippen LogP contribution in [0, 0.1) is 11.8 Å². The summed E-state index contributed by atoms with van der Waals surface area (Å²) in [6, 6.07) is 19.5. The van der Waals surface area contributed by atoms with Gasteiger partial charge in [0, 0.05) is 42.1 Å². The molecule has 0 radical (unpaired) electrons. The first-order valence-corrected chi connectivity index (χ1v) is 12.6. The van der Waals surface area contributed by atoms with Crippen molar-refractivity contribution in [2.45, 2.75) is 19.4 Å². The molecular weight excluding hydrogens is 506 g/mol.